The quantitative estimate of drug-likeness (QED) is 0.825. The second-order valence-corrected chi connectivity index (χ2v) is 3.83. The fourth-order valence-electron chi connectivity index (χ4n) is 1.74. The normalized spacial score (nSPS) is 18.2. The molecule has 0 atom stereocenters. The lowest BCUT2D eigenvalue weighted by atomic mass is 9.97. The second kappa shape index (κ2) is 5.23. The van der Waals surface area contributed by atoms with Gasteiger partial charge >= 0.3 is 5.97 Å². The van der Waals surface area contributed by atoms with Crippen molar-refractivity contribution in [2.45, 2.75) is 19.3 Å². The molecule has 0 unspecified atom stereocenters. The van der Waals surface area contributed by atoms with Gasteiger partial charge in [-0.1, -0.05) is 12.2 Å². The number of aliphatic carboxylic acids is 1. The highest BCUT2D eigenvalue weighted by atomic mass is 16.6. The molecule has 0 amide bonds. The van der Waals surface area contributed by atoms with Gasteiger partial charge in [0.25, 0.3) is 0 Å². The number of carboxylic acids is 1. The SMILES string of the molecule is N#CCC1=CCCC(C2=COC=C(C(=O)O)O2)=C1. The summed E-state index contributed by atoms with van der Waals surface area (Å²) in [5, 5.41) is 17.5. The lowest BCUT2D eigenvalue weighted by molar-refractivity contribution is -0.136. The van der Waals surface area contributed by atoms with Crippen LogP contribution in [0.1, 0.15) is 19.3 Å². The Morgan fingerprint density at radius 1 is 1.50 bits per heavy atom. The molecule has 5 heteroatoms. The fourth-order valence-corrected chi connectivity index (χ4v) is 1.74. The van der Waals surface area contributed by atoms with Gasteiger partial charge in [0.1, 0.15) is 12.5 Å². The molecule has 0 bridgehead atoms. The van der Waals surface area contributed by atoms with E-state index in [1.165, 1.54) is 6.26 Å². The van der Waals surface area contributed by atoms with Crippen LogP contribution in [0.4, 0.5) is 0 Å². The third-order valence-corrected chi connectivity index (χ3v) is 2.56. The Morgan fingerprint density at radius 2 is 2.33 bits per heavy atom. The number of carbonyl (C=O) groups is 1. The number of hydrogen-bond donors (Lipinski definition) is 1. The summed E-state index contributed by atoms with van der Waals surface area (Å²) in [6, 6.07) is 2.08. The van der Waals surface area contributed by atoms with Gasteiger partial charge in [0.05, 0.1) is 12.5 Å². The zero-order valence-electron chi connectivity index (χ0n) is 9.55. The number of allylic oxidation sites excluding steroid dienone is 4. The minimum absolute atomic E-state index is 0.246. The summed E-state index contributed by atoms with van der Waals surface area (Å²) < 4.78 is 10.2. The van der Waals surface area contributed by atoms with Gasteiger partial charge in [-0.05, 0) is 24.0 Å². The van der Waals surface area contributed by atoms with E-state index in [9.17, 15) is 4.79 Å². The Hall–Kier alpha value is -2.48. The molecular weight excluding hydrogens is 234 g/mol. The molecule has 1 heterocycles. The van der Waals surface area contributed by atoms with Crippen LogP contribution in [0.3, 0.4) is 0 Å². The first-order valence-electron chi connectivity index (χ1n) is 5.44. The maximum absolute atomic E-state index is 10.8. The molecule has 0 saturated carbocycles. The van der Waals surface area contributed by atoms with Crippen LogP contribution in [0, 0.1) is 11.3 Å². The third-order valence-electron chi connectivity index (χ3n) is 2.56. The number of nitrogens with zero attached hydrogens (tertiary/aromatic N) is 1. The van der Waals surface area contributed by atoms with Gasteiger partial charge in [-0.15, -0.1) is 0 Å². The number of carboxylic acid groups (broad SMARTS) is 1. The molecule has 2 rings (SSSR count). The zero-order chi connectivity index (χ0) is 13.0. The second-order valence-electron chi connectivity index (χ2n) is 3.83. The Labute approximate surface area is 104 Å². The molecule has 1 aliphatic carbocycles. The minimum atomic E-state index is -1.18. The zero-order valence-corrected chi connectivity index (χ0v) is 9.55. The van der Waals surface area contributed by atoms with Crippen molar-refractivity contribution in [1.29, 1.82) is 5.26 Å². The van der Waals surface area contributed by atoms with Crippen molar-refractivity contribution in [2.24, 2.45) is 0 Å². The summed E-state index contributed by atoms with van der Waals surface area (Å²) in [4.78, 5) is 10.8. The van der Waals surface area contributed by atoms with Crippen LogP contribution < -0.4 is 0 Å². The number of nitriles is 1. The lowest BCUT2D eigenvalue weighted by Crippen LogP contribution is -2.11. The highest BCUT2D eigenvalue weighted by Crippen LogP contribution is 2.28. The molecule has 0 aromatic heterocycles. The van der Waals surface area contributed by atoms with Crippen LogP contribution in [0.15, 0.2) is 47.3 Å². The molecule has 0 saturated heterocycles. The van der Waals surface area contributed by atoms with Crippen molar-refractivity contribution < 1.29 is 19.4 Å². The van der Waals surface area contributed by atoms with E-state index in [0.29, 0.717) is 12.2 Å². The molecular formula is C13H11NO4. The molecule has 18 heavy (non-hydrogen) atoms. The lowest BCUT2D eigenvalue weighted by Gasteiger charge is -2.18. The summed E-state index contributed by atoms with van der Waals surface area (Å²) in [7, 11) is 0. The first kappa shape index (κ1) is 12.0. The summed E-state index contributed by atoms with van der Waals surface area (Å²) in [5.41, 5.74) is 1.75. The molecule has 92 valence electrons. The van der Waals surface area contributed by atoms with Gasteiger partial charge in [-0.25, -0.2) is 4.79 Å². The van der Waals surface area contributed by atoms with E-state index in [1.807, 2.05) is 12.2 Å². The maximum atomic E-state index is 10.8. The Kier molecular flexibility index (Phi) is 3.49. The fraction of sp³-hybridized carbons (Fsp3) is 0.231. The minimum Gasteiger partial charge on any atom is -0.475 e. The monoisotopic (exact) mass is 245 g/mol. The predicted octanol–water partition coefficient (Wildman–Crippen LogP) is 2.36. The van der Waals surface area contributed by atoms with E-state index in [2.05, 4.69) is 6.07 Å². The summed E-state index contributed by atoms with van der Waals surface area (Å²) in [6.07, 6.45) is 8.11. The summed E-state index contributed by atoms with van der Waals surface area (Å²) >= 11 is 0. The standard InChI is InChI=1S/C13H11NO4/c14-5-4-9-2-1-3-10(6-9)11-7-17-8-12(18-11)13(15)16/h2,6-8H,1,3-4H2,(H,15,16). The van der Waals surface area contributed by atoms with E-state index in [4.69, 9.17) is 19.8 Å². The van der Waals surface area contributed by atoms with Gasteiger partial charge in [0, 0.05) is 0 Å². The van der Waals surface area contributed by atoms with Crippen molar-refractivity contribution in [3.05, 3.63) is 47.3 Å². The Morgan fingerprint density at radius 3 is 3.06 bits per heavy atom. The smallest absolute Gasteiger partial charge is 0.375 e. The van der Waals surface area contributed by atoms with Crippen LogP contribution in [0.25, 0.3) is 0 Å². The van der Waals surface area contributed by atoms with Crippen molar-refractivity contribution in [3.63, 3.8) is 0 Å². The molecule has 0 fully saturated rings. The van der Waals surface area contributed by atoms with Gasteiger partial charge in [-0.2, -0.15) is 5.26 Å². The molecule has 0 aromatic carbocycles. The van der Waals surface area contributed by atoms with Crippen molar-refractivity contribution in [1.82, 2.24) is 0 Å². The van der Waals surface area contributed by atoms with Crippen LogP contribution in [0.2, 0.25) is 0 Å². The van der Waals surface area contributed by atoms with Gasteiger partial charge in [0.2, 0.25) is 5.76 Å². The summed E-state index contributed by atoms with van der Waals surface area (Å²) in [6.45, 7) is 0. The van der Waals surface area contributed by atoms with E-state index >= 15 is 0 Å². The first-order chi connectivity index (χ1) is 8.70. The van der Waals surface area contributed by atoms with E-state index in [-0.39, 0.29) is 5.76 Å². The van der Waals surface area contributed by atoms with Crippen LogP contribution >= 0.6 is 0 Å². The van der Waals surface area contributed by atoms with Crippen molar-refractivity contribution >= 4 is 5.97 Å². The predicted molar refractivity (Wildman–Crippen MR) is 61.6 cm³/mol. The van der Waals surface area contributed by atoms with Crippen LogP contribution in [0.5, 0.6) is 0 Å². The van der Waals surface area contributed by atoms with E-state index < -0.39 is 5.97 Å². The average Bonchev–Trinajstić information content (AvgIpc) is 2.39. The number of ether oxygens (including phenoxy) is 2. The Bertz CT molecular complexity index is 532. The van der Waals surface area contributed by atoms with Crippen molar-refractivity contribution in [2.75, 3.05) is 0 Å². The van der Waals surface area contributed by atoms with E-state index in [0.717, 1.165) is 30.2 Å². The molecule has 0 radical (unpaired) electrons. The molecule has 2 aliphatic rings. The number of hydrogen-bond acceptors (Lipinski definition) is 4. The molecule has 1 N–H and O–H groups in total. The van der Waals surface area contributed by atoms with Crippen LogP contribution in [-0.2, 0) is 14.3 Å². The molecule has 1 aliphatic heterocycles. The maximum Gasteiger partial charge on any atom is 0.375 e. The van der Waals surface area contributed by atoms with Gasteiger partial charge in [0.15, 0.2) is 5.76 Å². The topological polar surface area (TPSA) is 79.5 Å². The molecule has 0 spiro atoms. The average molecular weight is 245 g/mol. The van der Waals surface area contributed by atoms with E-state index in [1.54, 1.807) is 0 Å². The summed E-state index contributed by atoms with van der Waals surface area (Å²) in [5.74, 6) is -1.03. The highest BCUT2D eigenvalue weighted by Gasteiger charge is 2.20. The third kappa shape index (κ3) is 2.61. The van der Waals surface area contributed by atoms with Gasteiger partial charge < -0.3 is 14.6 Å². The largest absolute Gasteiger partial charge is 0.475 e. The Balaban J connectivity index is 2.14. The molecule has 5 nitrogen and oxygen atoms in total. The van der Waals surface area contributed by atoms with Crippen molar-refractivity contribution in [3.8, 4) is 6.07 Å². The molecule has 0 aromatic rings. The van der Waals surface area contributed by atoms with Crippen LogP contribution in [-0.4, -0.2) is 11.1 Å². The first-order valence-corrected chi connectivity index (χ1v) is 5.44. The van der Waals surface area contributed by atoms with Gasteiger partial charge in [-0.3, -0.25) is 0 Å². The highest BCUT2D eigenvalue weighted by molar-refractivity contribution is 5.84. The number of rotatable bonds is 3.